The Morgan fingerprint density at radius 3 is 2.82 bits per heavy atom. The van der Waals surface area contributed by atoms with Gasteiger partial charge in [-0.2, -0.15) is 5.26 Å². The zero-order valence-electron chi connectivity index (χ0n) is 9.80. The summed E-state index contributed by atoms with van der Waals surface area (Å²) in [6.07, 6.45) is -0.158. The first-order valence-electron chi connectivity index (χ1n) is 5.77. The summed E-state index contributed by atoms with van der Waals surface area (Å²) in [5.74, 6) is 0. The van der Waals surface area contributed by atoms with E-state index in [4.69, 9.17) is 5.26 Å². The number of nitrogens with zero attached hydrogens (tertiary/aromatic N) is 2. The minimum absolute atomic E-state index is 0.317. The summed E-state index contributed by atoms with van der Waals surface area (Å²) in [4.78, 5) is 2.02. The van der Waals surface area contributed by atoms with E-state index in [9.17, 15) is 10.2 Å². The maximum atomic E-state index is 9.72. The standard InChI is InChI=1S/C13H16N2O2/c1-9(16)12-3-2-10(7-14)6-13(12)15-5-4-11(17)8-15/h2-3,6,9,11,16-17H,4-5,8H2,1H3/t9-,11?/m0/s1. The molecule has 0 aromatic heterocycles. The van der Waals surface area contributed by atoms with E-state index in [0.29, 0.717) is 12.1 Å². The van der Waals surface area contributed by atoms with Gasteiger partial charge in [-0.1, -0.05) is 6.07 Å². The first-order valence-corrected chi connectivity index (χ1v) is 5.77. The van der Waals surface area contributed by atoms with Crippen molar-refractivity contribution in [3.05, 3.63) is 29.3 Å². The molecule has 1 fully saturated rings. The molecule has 17 heavy (non-hydrogen) atoms. The van der Waals surface area contributed by atoms with Gasteiger partial charge in [0.15, 0.2) is 0 Å². The molecule has 0 amide bonds. The number of hydrogen-bond donors (Lipinski definition) is 2. The van der Waals surface area contributed by atoms with E-state index < -0.39 is 6.10 Å². The molecule has 1 heterocycles. The van der Waals surface area contributed by atoms with Gasteiger partial charge in [0.2, 0.25) is 0 Å². The van der Waals surface area contributed by atoms with Crippen molar-refractivity contribution in [2.24, 2.45) is 0 Å². The molecule has 2 N–H and O–H groups in total. The quantitative estimate of drug-likeness (QED) is 0.803. The molecule has 0 saturated carbocycles. The maximum Gasteiger partial charge on any atom is 0.0992 e. The lowest BCUT2D eigenvalue weighted by Crippen LogP contribution is -2.23. The molecule has 90 valence electrons. The van der Waals surface area contributed by atoms with Crippen LogP contribution < -0.4 is 4.90 Å². The number of benzene rings is 1. The van der Waals surface area contributed by atoms with Gasteiger partial charge in [-0.25, -0.2) is 0 Å². The second-order valence-corrected chi connectivity index (χ2v) is 4.45. The molecule has 2 atom stereocenters. The summed E-state index contributed by atoms with van der Waals surface area (Å²) < 4.78 is 0. The molecular weight excluding hydrogens is 216 g/mol. The van der Waals surface area contributed by atoms with Crippen molar-refractivity contribution in [2.75, 3.05) is 18.0 Å². The zero-order chi connectivity index (χ0) is 12.4. The molecule has 0 radical (unpaired) electrons. The lowest BCUT2D eigenvalue weighted by Gasteiger charge is -2.23. The lowest BCUT2D eigenvalue weighted by molar-refractivity contribution is 0.196. The molecule has 1 unspecified atom stereocenters. The van der Waals surface area contributed by atoms with Crippen LogP contribution in [0.2, 0.25) is 0 Å². The molecule has 4 nitrogen and oxygen atoms in total. The van der Waals surface area contributed by atoms with Crippen LogP contribution in [0, 0.1) is 11.3 Å². The van der Waals surface area contributed by atoms with E-state index in [-0.39, 0.29) is 6.10 Å². The highest BCUT2D eigenvalue weighted by molar-refractivity contribution is 5.59. The molecule has 0 aliphatic carbocycles. The third-order valence-electron chi connectivity index (χ3n) is 3.11. The van der Waals surface area contributed by atoms with E-state index in [1.54, 1.807) is 25.1 Å². The van der Waals surface area contributed by atoms with E-state index in [1.165, 1.54) is 0 Å². The lowest BCUT2D eigenvalue weighted by atomic mass is 10.0. The van der Waals surface area contributed by atoms with Crippen molar-refractivity contribution in [1.82, 2.24) is 0 Å². The Morgan fingerprint density at radius 1 is 1.53 bits per heavy atom. The van der Waals surface area contributed by atoms with Crippen molar-refractivity contribution in [1.29, 1.82) is 5.26 Å². The molecule has 1 aromatic rings. The molecule has 1 aliphatic rings. The number of rotatable bonds is 2. The second-order valence-electron chi connectivity index (χ2n) is 4.45. The van der Waals surface area contributed by atoms with Gasteiger partial charge in [0.05, 0.1) is 23.8 Å². The molecular formula is C13H16N2O2. The van der Waals surface area contributed by atoms with Gasteiger partial charge in [-0.05, 0) is 25.5 Å². The van der Waals surface area contributed by atoms with Gasteiger partial charge < -0.3 is 15.1 Å². The number of nitriles is 1. The average molecular weight is 232 g/mol. The number of aliphatic hydroxyl groups excluding tert-OH is 2. The van der Waals surface area contributed by atoms with Crippen molar-refractivity contribution < 1.29 is 10.2 Å². The van der Waals surface area contributed by atoms with Crippen LogP contribution in [0.3, 0.4) is 0 Å². The molecule has 0 bridgehead atoms. The van der Waals surface area contributed by atoms with Gasteiger partial charge in [-0.3, -0.25) is 0 Å². The topological polar surface area (TPSA) is 67.5 Å². The normalized spacial score (nSPS) is 21.3. The fraction of sp³-hybridized carbons (Fsp3) is 0.462. The van der Waals surface area contributed by atoms with Crippen molar-refractivity contribution >= 4 is 5.69 Å². The van der Waals surface area contributed by atoms with Crippen molar-refractivity contribution in [2.45, 2.75) is 25.6 Å². The summed E-state index contributed by atoms with van der Waals surface area (Å²) in [6, 6.07) is 7.36. The first kappa shape index (κ1) is 11.9. The Labute approximate surface area is 101 Å². The fourth-order valence-corrected chi connectivity index (χ4v) is 2.20. The van der Waals surface area contributed by atoms with E-state index in [1.807, 2.05) is 4.90 Å². The number of anilines is 1. The second kappa shape index (κ2) is 4.74. The van der Waals surface area contributed by atoms with Crippen LogP contribution in [0.4, 0.5) is 5.69 Å². The highest BCUT2D eigenvalue weighted by Crippen LogP contribution is 2.30. The minimum atomic E-state index is -0.574. The summed E-state index contributed by atoms with van der Waals surface area (Å²) in [7, 11) is 0. The Morgan fingerprint density at radius 2 is 2.29 bits per heavy atom. The fourth-order valence-electron chi connectivity index (χ4n) is 2.20. The first-order chi connectivity index (χ1) is 8.11. The third-order valence-corrected chi connectivity index (χ3v) is 3.11. The summed E-state index contributed by atoms with van der Waals surface area (Å²) in [6.45, 7) is 3.03. The largest absolute Gasteiger partial charge is 0.391 e. The van der Waals surface area contributed by atoms with E-state index in [0.717, 1.165) is 24.2 Å². The maximum absolute atomic E-state index is 9.72. The van der Waals surface area contributed by atoms with Gasteiger partial charge >= 0.3 is 0 Å². The Bertz CT molecular complexity index is 451. The van der Waals surface area contributed by atoms with Crippen LogP contribution in [0.1, 0.15) is 30.6 Å². The van der Waals surface area contributed by atoms with Crippen LogP contribution in [-0.4, -0.2) is 29.4 Å². The number of aliphatic hydroxyl groups is 2. The van der Waals surface area contributed by atoms with Crippen LogP contribution in [-0.2, 0) is 0 Å². The molecule has 4 heteroatoms. The minimum Gasteiger partial charge on any atom is -0.391 e. The highest BCUT2D eigenvalue weighted by atomic mass is 16.3. The SMILES string of the molecule is C[C@H](O)c1ccc(C#N)cc1N1CCC(O)C1. The van der Waals surface area contributed by atoms with Crippen LogP contribution >= 0.6 is 0 Å². The van der Waals surface area contributed by atoms with Gasteiger partial charge in [0.1, 0.15) is 0 Å². The van der Waals surface area contributed by atoms with Crippen LogP contribution in [0.25, 0.3) is 0 Å². The van der Waals surface area contributed by atoms with Gasteiger partial charge in [0.25, 0.3) is 0 Å². The monoisotopic (exact) mass is 232 g/mol. The third kappa shape index (κ3) is 2.41. The highest BCUT2D eigenvalue weighted by Gasteiger charge is 2.23. The predicted octanol–water partition coefficient (Wildman–Crippen LogP) is 1.18. The van der Waals surface area contributed by atoms with Crippen LogP contribution in [0.15, 0.2) is 18.2 Å². The van der Waals surface area contributed by atoms with Gasteiger partial charge in [-0.15, -0.1) is 0 Å². The molecule has 0 spiro atoms. The molecule has 2 rings (SSSR count). The number of β-amino-alcohol motifs (C(OH)–C–C–N with tert-alkyl or cyclic N) is 1. The molecule has 1 aliphatic heterocycles. The Kier molecular flexibility index (Phi) is 3.32. The molecule has 1 aromatic carbocycles. The summed E-state index contributed by atoms with van der Waals surface area (Å²) >= 11 is 0. The van der Waals surface area contributed by atoms with Crippen molar-refractivity contribution in [3.63, 3.8) is 0 Å². The van der Waals surface area contributed by atoms with Crippen molar-refractivity contribution in [3.8, 4) is 6.07 Å². The van der Waals surface area contributed by atoms with E-state index in [2.05, 4.69) is 6.07 Å². The van der Waals surface area contributed by atoms with Gasteiger partial charge in [0, 0.05) is 24.3 Å². The summed E-state index contributed by atoms with van der Waals surface area (Å²) in [5, 5.41) is 28.2. The predicted molar refractivity (Wildman–Crippen MR) is 64.6 cm³/mol. The van der Waals surface area contributed by atoms with Crippen LogP contribution in [0.5, 0.6) is 0 Å². The Balaban J connectivity index is 2.39. The molecule has 1 saturated heterocycles. The number of hydrogen-bond acceptors (Lipinski definition) is 4. The zero-order valence-corrected chi connectivity index (χ0v) is 9.80. The average Bonchev–Trinajstić information content (AvgIpc) is 2.75. The van der Waals surface area contributed by atoms with E-state index >= 15 is 0 Å². The Hall–Kier alpha value is -1.57. The summed E-state index contributed by atoms with van der Waals surface area (Å²) in [5.41, 5.74) is 2.24. The smallest absolute Gasteiger partial charge is 0.0992 e.